The van der Waals surface area contributed by atoms with Crippen LogP contribution in [0.5, 0.6) is 0 Å². The van der Waals surface area contributed by atoms with E-state index in [1.54, 1.807) is 19.1 Å². The highest BCUT2D eigenvalue weighted by atomic mass is 19.4. The average Bonchev–Trinajstić information content (AvgIpc) is 3.22. The summed E-state index contributed by atoms with van der Waals surface area (Å²) in [7, 11) is 0. The first-order valence-electron chi connectivity index (χ1n) is 14.3. The first-order valence-corrected chi connectivity index (χ1v) is 14.3. The van der Waals surface area contributed by atoms with E-state index in [0.29, 0.717) is 11.1 Å². The second-order valence-electron chi connectivity index (χ2n) is 13.3. The maximum atomic E-state index is 14.2. The normalized spacial score (nSPS) is 22.3. The van der Waals surface area contributed by atoms with Gasteiger partial charge in [0.1, 0.15) is 18.1 Å². The summed E-state index contributed by atoms with van der Waals surface area (Å²) in [6.45, 7) is 12.4. The number of carbonyl (C=O) groups excluding carboxylic acids is 3. The fourth-order valence-corrected chi connectivity index (χ4v) is 6.48. The Hall–Kier alpha value is -3.88. The highest BCUT2D eigenvalue weighted by Gasteiger charge is 2.70. The average molecular weight is 602 g/mol. The van der Waals surface area contributed by atoms with Gasteiger partial charge in [0.2, 0.25) is 11.8 Å². The van der Waals surface area contributed by atoms with Gasteiger partial charge in [-0.15, -0.1) is 0 Å². The Labute approximate surface area is 248 Å². The second-order valence-corrected chi connectivity index (χ2v) is 13.3. The molecule has 43 heavy (non-hydrogen) atoms. The predicted molar refractivity (Wildman–Crippen MR) is 154 cm³/mol. The zero-order valence-corrected chi connectivity index (χ0v) is 25.4. The number of nitrogens with zero attached hydrogens (tertiary/aromatic N) is 3. The van der Waals surface area contributed by atoms with Crippen molar-refractivity contribution in [2.45, 2.75) is 79.2 Å². The molecule has 9 nitrogen and oxygen atoms in total. The number of nitriles is 1. The smallest absolute Gasteiger partial charge is 0.336 e. The lowest BCUT2D eigenvalue weighted by Crippen LogP contribution is -2.61. The Morgan fingerprint density at radius 1 is 1.21 bits per heavy atom. The molecule has 1 aliphatic carbocycles. The maximum Gasteiger partial charge on any atom is 0.471 e. The summed E-state index contributed by atoms with van der Waals surface area (Å²) in [4.78, 5) is 58.3. The van der Waals surface area contributed by atoms with Crippen molar-refractivity contribution in [3.8, 4) is 6.07 Å². The fraction of sp³-hybridized carbons (Fsp3) is 0.581. The van der Waals surface area contributed by atoms with E-state index in [4.69, 9.17) is 0 Å². The van der Waals surface area contributed by atoms with E-state index in [0.717, 1.165) is 10.9 Å². The Kier molecular flexibility index (Phi) is 8.19. The first-order chi connectivity index (χ1) is 19.8. The molecule has 0 radical (unpaired) electrons. The Bertz CT molecular complexity index is 1550. The molecule has 1 aliphatic heterocycles. The van der Waals surface area contributed by atoms with Gasteiger partial charge in [0.25, 0.3) is 5.56 Å². The Balaban J connectivity index is 1.66. The van der Waals surface area contributed by atoms with Crippen LogP contribution in [0, 0.1) is 40.9 Å². The summed E-state index contributed by atoms with van der Waals surface area (Å²) in [5.41, 5.74) is 0.170. The molecular weight excluding hydrogens is 563 g/mol. The van der Waals surface area contributed by atoms with Gasteiger partial charge >= 0.3 is 12.1 Å². The zero-order valence-electron chi connectivity index (χ0n) is 25.4. The molecule has 4 rings (SSSR count). The van der Waals surface area contributed by atoms with Crippen LogP contribution in [-0.4, -0.2) is 69.9 Å². The lowest BCUT2D eigenvalue weighted by molar-refractivity contribution is -0.176. The summed E-state index contributed by atoms with van der Waals surface area (Å²) in [6, 6.07) is 5.79. The van der Waals surface area contributed by atoms with Crippen LogP contribution < -0.4 is 10.9 Å². The van der Waals surface area contributed by atoms with Gasteiger partial charge in [0, 0.05) is 30.6 Å². The number of amides is 3. The van der Waals surface area contributed by atoms with E-state index in [1.165, 1.54) is 30.6 Å². The number of nitrogens with one attached hydrogen (secondary N) is 2. The molecule has 0 spiro atoms. The number of alkyl halides is 3. The minimum Gasteiger partial charge on any atom is -0.336 e. The van der Waals surface area contributed by atoms with Crippen molar-refractivity contribution in [3.63, 3.8) is 0 Å². The van der Waals surface area contributed by atoms with Crippen LogP contribution >= 0.6 is 0 Å². The van der Waals surface area contributed by atoms with Crippen LogP contribution in [0.2, 0.25) is 0 Å². The van der Waals surface area contributed by atoms with Crippen molar-refractivity contribution < 1.29 is 27.6 Å². The standard InChI is InChI=1S/C31H38F3N5O4/c1-8-38(19(14-35)13-18-12-17-11-16(2)9-10-21(17)36-25(18)40)26(41)23-22-20(30(22,6)7)15-39(23)27(42)24(29(3,4)5)37-28(43)31(32,33)34/h9-12,19-20,22-24H,8,13,15H2,1-7H3,(H,36,40)(H,37,43). The number of halogens is 3. The van der Waals surface area contributed by atoms with E-state index in [9.17, 15) is 37.6 Å². The topological polar surface area (TPSA) is 126 Å². The molecule has 0 bridgehead atoms. The molecule has 1 saturated carbocycles. The number of aromatic nitrogens is 1. The number of rotatable bonds is 7. The number of likely N-dealkylation sites (N-methyl/N-ethyl adjacent to an activating group) is 1. The number of hydrogen-bond acceptors (Lipinski definition) is 5. The van der Waals surface area contributed by atoms with Crippen LogP contribution in [0.1, 0.15) is 52.7 Å². The van der Waals surface area contributed by atoms with Gasteiger partial charge in [-0.3, -0.25) is 19.2 Å². The van der Waals surface area contributed by atoms with Gasteiger partial charge in [-0.1, -0.05) is 46.2 Å². The fourth-order valence-electron chi connectivity index (χ4n) is 6.48. The van der Waals surface area contributed by atoms with Gasteiger partial charge in [0.15, 0.2) is 0 Å². The molecule has 1 aromatic carbocycles. The highest BCUT2D eigenvalue weighted by Crippen LogP contribution is 2.65. The Morgan fingerprint density at radius 2 is 1.86 bits per heavy atom. The van der Waals surface area contributed by atoms with Gasteiger partial charge in [0.05, 0.1) is 6.07 Å². The van der Waals surface area contributed by atoms with E-state index in [-0.39, 0.29) is 42.3 Å². The molecule has 5 atom stereocenters. The molecule has 3 amide bonds. The lowest BCUT2D eigenvalue weighted by atomic mass is 9.85. The van der Waals surface area contributed by atoms with Crippen LogP contribution in [0.3, 0.4) is 0 Å². The largest absolute Gasteiger partial charge is 0.471 e. The minimum absolute atomic E-state index is 0.0558. The van der Waals surface area contributed by atoms with Crippen LogP contribution in [0.15, 0.2) is 29.1 Å². The molecular formula is C31H38F3N5O4. The molecule has 2 aromatic rings. The predicted octanol–water partition coefficient (Wildman–Crippen LogP) is 3.70. The van der Waals surface area contributed by atoms with E-state index < -0.39 is 47.4 Å². The number of benzene rings is 1. The molecule has 2 aliphatic rings. The second kappa shape index (κ2) is 11.0. The van der Waals surface area contributed by atoms with Gasteiger partial charge in [-0.2, -0.15) is 18.4 Å². The SMILES string of the molecule is CCN(C(=O)C1C2C(CN1C(=O)C(NC(=O)C(F)(F)F)C(C)(C)C)C2(C)C)C(C#N)Cc1cc2cc(C)ccc2[nH]c1=O. The molecule has 2 N–H and O–H groups in total. The van der Waals surface area contributed by atoms with Crippen LogP contribution in [-0.2, 0) is 20.8 Å². The van der Waals surface area contributed by atoms with Gasteiger partial charge < -0.3 is 20.1 Å². The van der Waals surface area contributed by atoms with Crippen molar-refractivity contribution in [1.29, 1.82) is 5.26 Å². The molecule has 2 heterocycles. The number of likely N-dealkylation sites (tertiary alicyclic amines) is 1. The number of piperidine rings is 1. The van der Waals surface area contributed by atoms with E-state index in [2.05, 4.69) is 11.1 Å². The maximum absolute atomic E-state index is 14.2. The number of pyridine rings is 1. The molecule has 1 aromatic heterocycles. The monoisotopic (exact) mass is 601 g/mol. The van der Waals surface area contributed by atoms with Crippen LogP contribution in [0.25, 0.3) is 10.9 Å². The lowest BCUT2D eigenvalue weighted by Gasteiger charge is -2.39. The summed E-state index contributed by atoms with van der Waals surface area (Å²) in [5, 5.41) is 12.8. The molecule has 5 unspecified atom stereocenters. The summed E-state index contributed by atoms with van der Waals surface area (Å²) in [6.07, 6.45) is -5.24. The highest BCUT2D eigenvalue weighted by molar-refractivity contribution is 5.95. The summed E-state index contributed by atoms with van der Waals surface area (Å²) >= 11 is 0. The number of carbonyl (C=O) groups is 3. The molecule has 2 fully saturated rings. The number of fused-ring (bicyclic) bond motifs is 2. The third kappa shape index (κ3) is 5.99. The van der Waals surface area contributed by atoms with Crippen molar-refractivity contribution >= 4 is 28.6 Å². The number of aromatic amines is 1. The van der Waals surface area contributed by atoms with Crippen LogP contribution in [0.4, 0.5) is 13.2 Å². The quantitative estimate of drug-likeness (QED) is 0.501. The third-order valence-corrected chi connectivity index (χ3v) is 9.03. The summed E-state index contributed by atoms with van der Waals surface area (Å²) < 4.78 is 39.5. The van der Waals surface area contributed by atoms with E-state index >= 15 is 0 Å². The molecule has 1 saturated heterocycles. The minimum atomic E-state index is -5.19. The molecule has 12 heteroatoms. The van der Waals surface area contributed by atoms with E-state index in [1.807, 2.05) is 38.2 Å². The van der Waals surface area contributed by atoms with Gasteiger partial charge in [-0.25, -0.2) is 0 Å². The van der Waals surface area contributed by atoms with Crippen molar-refractivity contribution in [2.75, 3.05) is 13.1 Å². The third-order valence-electron chi connectivity index (χ3n) is 9.03. The van der Waals surface area contributed by atoms with Crippen molar-refractivity contribution in [3.05, 3.63) is 45.7 Å². The number of hydrogen-bond donors (Lipinski definition) is 2. The van der Waals surface area contributed by atoms with Crippen molar-refractivity contribution in [2.24, 2.45) is 22.7 Å². The zero-order chi connectivity index (χ0) is 32.2. The Morgan fingerprint density at radius 3 is 2.42 bits per heavy atom. The van der Waals surface area contributed by atoms with Crippen molar-refractivity contribution in [1.82, 2.24) is 20.1 Å². The number of H-pyrrole nitrogens is 1. The number of aryl methyl sites for hydroxylation is 1. The van der Waals surface area contributed by atoms with Gasteiger partial charge in [-0.05, 0) is 60.1 Å². The first kappa shape index (κ1) is 32.0. The summed E-state index contributed by atoms with van der Waals surface area (Å²) in [5.74, 6) is -3.87. The molecule has 232 valence electrons.